The smallest absolute Gasteiger partial charge is 0.177 e. The molecule has 1 aliphatic rings. The highest BCUT2D eigenvalue weighted by Gasteiger charge is 2.17. The molecule has 0 aromatic heterocycles. The van der Waals surface area contributed by atoms with Crippen LogP contribution >= 0.6 is 0 Å². The average Bonchev–Trinajstić information content (AvgIpc) is 2.45. The Morgan fingerprint density at radius 3 is 2.50 bits per heavy atom. The highest BCUT2D eigenvalue weighted by Crippen LogP contribution is 2.21. The molecule has 1 aromatic rings. The van der Waals surface area contributed by atoms with Crippen molar-refractivity contribution in [2.24, 2.45) is 0 Å². The minimum absolute atomic E-state index is 0.380. The standard InChI is InChI=1S/C15H24N2O2S/c1-13(17-10-6-3-7-11-17)12-16-14-8-4-5-9-15(14)20(2,18)19/h4-5,8-9,13,16H,3,6-7,10-12H2,1-2H3. The Morgan fingerprint density at radius 2 is 1.85 bits per heavy atom. The maximum absolute atomic E-state index is 11.7. The van der Waals surface area contributed by atoms with Crippen LogP contribution in [0.2, 0.25) is 0 Å². The first-order valence-electron chi connectivity index (χ1n) is 7.25. The zero-order valence-corrected chi connectivity index (χ0v) is 13.1. The van der Waals surface area contributed by atoms with Gasteiger partial charge >= 0.3 is 0 Å². The molecule has 1 aliphatic heterocycles. The van der Waals surface area contributed by atoms with Crippen LogP contribution in [0.5, 0.6) is 0 Å². The molecule has 2 rings (SSSR count). The molecule has 1 heterocycles. The van der Waals surface area contributed by atoms with Crippen molar-refractivity contribution in [3.63, 3.8) is 0 Å². The van der Waals surface area contributed by atoms with Gasteiger partial charge in [0.1, 0.15) is 0 Å². The quantitative estimate of drug-likeness (QED) is 0.906. The number of nitrogens with one attached hydrogen (secondary N) is 1. The first-order valence-corrected chi connectivity index (χ1v) is 9.14. The first-order chi connectivity index (χ1) is 9.48. The second kappa shape index (κ2) is 6.59. The van der Waals surface area contributed by atoms with Crippen LogP contribution in [0, 0.1) is 0 Å². The number of hydrogen-bond donors (Lipinski definition) is 1. The Kier molecular flexibility index (Phi) is 5.05. The average molecular weight is 296 g/mol. The minimum atomic E-state index is -3.18. The van der Waals surface area contributed by atoms with E-state index in [-0.39, 0.29) is 0 Å². The van der Waals surface area contributed by atoms with Crippen LogP contribution < -0.4 is 5.32 Å². The molecule has 1 saturated heterocycles. The van der Waals surface area contributed by atoms with Gasteiger partial charge in [0.2, 0.25) is 0 Å². The van der Waals surface area contributed by atoms with Gasteiger partial charge in [-0.25, -0.2) is 8.42 Å². The van der Waals surface area contributed by atoms with Gasteiger partial charge in [-0.2, -0.15) is 0 Å². The van der Waals surface area contributed by atoms with E-state index in [4.69, 9.17) is 0 Å². The molecule has 20 heavy (non-hydrogen) atoms. The summed E-state index contributed by atoms with van der Waals surface area (Å²) in [4.78, 5) is 2.85. The van der Waals surface area contributed by atoms with Crippen molar-refractivity contribution in [2.75, 3.05) is 31.2 Å². The van der Waals surface area contributed by atoms with Crippen LogP contribution in [0.15, 0.2) is 29.2 Å². The summed E-state index contributed by atoms with van der Waals surface area (Å²) in [6.07, 6.45) is 5.11. The fraction of sp³-hybridized carbons (Fsp3) is 0.600. The second-order valence-electron chi connectivity index (χ2n) is 5.59. The molecule has 4 nitrogen and oxygen atoms in total. The summed E-state index contributed by atoms with van der Waals surface area (Å²) in [5.74, 6) is 0. The van der Waals surface area contributed by atoms with E-state index < -0.39 is 9.84 Å². The van der Waals surface area contributed by atoms with Crippen LogP contribution in [0.1, 0.15) is 26.2 Å². The monoisotopic (exact) mass is 296 g/mol. The van der Waals surface area contributed by atoms with Crippen molar-refractivity contribution in [1.82, 2.24) is 4.90 Å². The molecule has 0 bridgehead atoms. The molecule has 1 N–H and O–H groups in total. The van der Waals surface area contributed by atoms with Crippen molar-refractivity contribution in [2.45, 2.75) is 37.1 Å². The Balaban J connectivity index is 2.00. The van der Waals surface area contributed by atoms with Gasteiger partial charge in [0.05, 0.1) is 10.6 Å². The Labute approximate surface area is 122 Å². The van der Waals surface area contributed by atoms with E-state index in [1.807, 2.05) is 12.1 Å². The summed E-state index contributed by atoms with van der Waals surface area (Å²) < 4.78 is 23.5. The minimum Gasteiger partial charge on any atom is -0.382 e. The number of anilines is 1. The van der Waals surface area contributed by atoms with Gasteiger partial charge in [0.25, 0.3) is 0 Å². The number of para-hydroxylation sites is 1. The summed E-state index contributed by atoms with van der Waals surface area (Å²) in [6, 6.07) is 7.53. The predicted molar refractivity (Wildman–Crippen MR) is 82.9 cm³/mol. The molecule has 5 heteroatoms. The van der Waals surface area contributed by atoms with Gasteiger partial charge in [0, 0.05) is 18.8 Å². The van der Waals surface area contributed by atoms with E-state index in [1.54, 1.807) is 12.1 Å². The van der Waals surface area contributed by atoms with Gasteiger partial charge in [-0.3, -0.25) is 4.90 Å². The SMILES string of the molecule is CC(CNc1ccccc1S(C)(=O)=O)N1CCCCC1. The van der Waals surface area contributed by atoms with Crippen LogP contribution in [-0.4, -0.2) is 45.2 Å². The number of nitrogens with zero attached hydrogens (tertiary/aromatic N) is 1. The molecule has 0 saturated carbocycles. The van der Waals surface area contributed by atoms with Crippen LogP contribution in [0.25, 0.3) is 0 Å². The molecule has 112 valence electrons. The lowest BCUT2D eigenvalue weighted by molar-refractivity contribution is 0.180. The van der Waals surface area contributed by atoms with Crippen molar-refractivity contribution in [3.05, 3.63) is 24.3 Å². The van der Waals surface area contributed by atoms with E-state index in [9.17, 15) is 8.42 Å². The molecular weight excluding hydrogens is 272 g/mol. The lowest BCUT2D eigenvalue weighted by atomic mass is 10.1. The van der Waals surface area contributed by atoms with E-state index in [1.165, 1.54) is 25.5 Å². The lowest BCUT2D eigenvalue weighted by Gasteiger charge is -2.32. The molecule has 1 aromatic carbocycles. The first kappa shape index (κ1) is 15.3. The van der Waals surface area contributed by atoms with Crippen molar-refractivity contribution >= 4 is 15.5 Å². The lowest BCUT2D eigenvalue weighted by Crippen LogP contribution is -2.41. The van der Waals surface area contributed by atoms with Crippen molar-refractivity contribution in [1.29, 1.82) is 0 Å². The predicted octanol–water partition coefficient (Wildman–Crippen LogP) is 2.38. The van der Waals surface area contributed by atoms with Gasteiger partial charge in [-0.1, -0.05) is 18.6 Å². The third-order valence-electron chi connectivity index (χ3n) is 3.89. The summed E-state index contributed by atoms with van der Waals surface area (Å²) in [6.45, 7) is 5.26. The van der Waals surface area contributed by atoms with Crippen molar-refractivity contribution < 1.29 is 8.42 Å². The summed E-state index contributed by atoms with van der Waals surface area (Å²) in [7, 11) is -3.18. The Bertz CT molecular complexity index is 537. The van der Waals surface area contributed by atoms with Gasteiger partial charge in [-0.15, -0.1) is 0 Å². The van der Waals surface area contributed by atoms with E-state index in [0.717, 1.165) is 19.6 Å². The third kappa shape index (κ3) is 3.96. The molecule has 1 atom stereocenters. The molecule has 0 radical (unpaired) electrons. The van der Waals surface area contributed by atoms with Crippen LogP contribution in [-0.2, 0) is 9.84 Å². The van der Waals surface area contributed by atoms with Crippen LogP contribution in [0.3, 0.4) is 0 Å². The normalized spacial score (nSPS) is 18.7. The summed E-state index contributed by atoms with van der Waals surface area (Å²) in [5, 5.41) is 3.30. The van der Waals surface area contributed by atoms with E-state index in [0.29, 0.717) is 16.6 Å². The van der Waals surface area contributed by atoms with Gasteiger partial charge < -0.3 is 5.32 Å². The number of likely N-dealkylation sites (tertiary alicyclic amines) is 1. The Hall–Kier alpha value is -1.07. The number of rotatable bonds is 5. The maximum atomic E-state index is 11.7. The molecule has 0 amide bonds. The molecule has 0 aliphatic carbocycles. The maximum Gasteiger partial charge on any atom is 0.177 e. The highest BCUT2D eigenvalue weighted by atomic mass is 32.2. The van der Waals surface area contributed by atoms with Gasteiger partial charge in [0.15, 0.2) is 9.84 Å². The van der Waals surface area contributed by atoms with Crippen molar-refractivity contribution in [3.8, 4) is 0 Å². The number of benzene rings is 1. The number of hydrogen-bond acceptors (Lipinski definition) is 4. The highest BCUT2D eigenvalue weighted by molar-refractivity contribution is 7.90. The molecule has 1 unspecified atom stereocenters. The fourth-order valence-electron chi connectivity index (χ4n) is 2.68. The molecular formula is C15H24N2O2S. The van der Waals surface area contributed by atoms with E-state index in [2.05, 4.69) is 17.1 Å². The topological polar surface area (TPSA) is 49.4 Å². The number of piperidine rings is 1. The number of sulfone groups is 1. The summed E-state index contributed by atoms with van der Waals surface area (Å²) in [5.41, 5.74) is 0.707. The van der Waals surface area contributed by atoms with E-state index >= 15 is 0 Å². The third-order valence-corrected chi connectivity index (χ3v) is 5.04. The largest absolute Gasteiger partial charge is 0.382 e. The fourth-order valence-corrected chi connectivity index (χ4v) is 3.55. The zero-order valence-electron chi connectivity index (χ0n) is 12.3. The summed E-state index contributed by atoms with van der Waals surface area (Å²) >= 11 is 0. The second-order valence-corrected chi connectivity index (χ2v) is 7.58. The van der Waals surface area contributed by atoms with Gasteiger partial charge in [-0.05, 0) is 45.0 Å². The zero-order chi connectivity index (χ0) is 14.6. The molecule has 1 fully saturated rings. The molecule has 0 spiro atoms. The Morgan fingerprint density at radius 1 is 1.20 bits per heavy atom. The van der Waals surface area contributed by atoms with Crippen LogP contribution in [0.4, 0.5) is 5.69 Å².